The van der Waals surface area contributed by atoms with Gasteiger partial charge in [-0.15, -0.1) is 0 Å². The fourth-order valence-corrected chi connectivity index (χ4v) is 3.29. The van der Waals surface area contributed by atoms with Gasteiger partial charge in [0.05, 0.1) is 5.60 Å². The Bertz CT molecular complexity index is 397. The zero-order chi connectivity index (χ0) is 13.2. The molecule has 3 heteroatoms. The maximum Gasteiger partial charge on any atom is 0.0635 e. The normalized spacial score (nSPS) is 27.1. The quantitative estimate of drug-likeness (QED) is 0.910. The summed E-state index contributed by atoms with van der Waals surface area (Å²) >= 11 is 5.98. The van der Waals surface area contributed by atoms with Crippen LogP contribution in [0, 0.1) is 0 Å². The van der Waals surface area contributed by atoms with Gasteiger partial charge in [0.2, 0.25) is 0 Å². The van der Waals surface area contributed by atoms with Gasteiger partial charge in [-0.3, -0.25) is 0 Å². The van der Waals surface area contributed by atoms with Crippen molar-refractivity contribution >= 4 is 11.6 Å². The van der Waals surface area contributed by atoms with Gasteiger partial charge in [0.25, 0.3) is 0 Å². The predicted octanol–water partition coefficient (Wildman–Crippen LogP) is 3.52. The first-order valence-electron chi connectivity index (χ1n) is 6.58. The number of halogens is 1. The first kappa shape index (κ1) is 13.9. The fraction of sp³-hybridized carbons (Fsp3) is 0.600. The fourth-order valence-electron chi connectivity index (χ4n) is 3.16. The minimum Gasteiger partial charge on any atom is -0.376 e. The third kappa shape index (κ3) is 2.87. The number of hydrogen-bond donors (Lipinski definition) is 1. The van der Waals surface area contributed by atoms with E-state index in [4.69, 9.17) is 22.1 Å². The number of nitrogens with two attached hydrogens (primary N) is 1. The Morgan fingerprint density at radius 2 is 1.94 bits per heavy atom. The van der Waals surface area contributed by atoms with Gasteiger partial charge in [0, 0.05) is 17.0 Å². The minimum atomic E-state index is -0.0763. The van der Waals surface area contributed by atoms with Gasteiger partial charge in [-0.05, 0) is 57.4 Å². The van der Waals surface area contributed by atoms with Crippen molar-refractivity contribution < 1.29 is 4.74 Å². The number of benzene rings is 1. The molecule has 100 valence electrons. The third-order valence-corrected chi connectivity index (χ3v) is 4.17. The highest BCUT2D eigenvalue weighted by molar-refractivity contribution is 6.30. The summed E-state index contributed by atoms with van der Waals surface area (Å²) in [4.78, 5) is 0. The van der Waals surface area contributed by atoms with Gasteiger partial charge >= 0.3 is 0 Å². The first-order chi connectivity index (χ1) is 8.47. The monoisotopic (exact) mass is 267 g/mol. The van der Waals surface area contributed by atoms with Crippen LogP contribution in [0.2, 0.25) is 5.02 Å². The molecule has 0 saturated carbocycles. The maximum atomic E-state index is 5.98. The van der Waals surface area contributed by atoms with Crippen LogP contribution in [0.5, 0.6) is 0 Å². The summed E-state index contributed by atoms with van der Waals surface area (Å²) in [5, 5.41) is 0.785. The van der Waals surface area contributed by atoms with Crippen LogP contribution in [0.15, 0.2) is 24.3 Å². The Labute approximate surface area is 114 Å². The topological polar surface area (TPSA) is 35.2 Å². The molecule has 1 aromatic rings. The number of rotatable bonds is 3. The Hall–Kier alpha value is -0.570. The van der Waals surface area contributed by atoms with Crippen LogP contribution in [-0.2, 0) is 10.2 Å². The lowest BCUT2D eigenvalue weighted by atomic mass is 9.67. The number of ether oxygens (including phenoxy) is 1. The number of hydrogen-bond acceptors (Lipinski definition) is 2. The van der Waals surface area contributed by atoms with Crippen molar-refractivity contribution in [2.45, 2.75) is 44.1 Å². The minimum absolute atomic E-state index is 0.0763. The van der Waals surface area contributed by atoms with Gasteiger partial charge < -0.3 is 10.5 Å². The van der Waals surface area contributed by atoms with E-state index in [2.05, 4.69) is 26.0 Å². The van der Waals surface area contributed by atoms with Crippen LogP contribution in [-0.4, -0.2) is 18.8 Å². The molecular formula is C15H22ClNO. The Morgan fingerprint density at radius 3 is 2.50 bits per heavy atom. The van der Waals surface area contributed by atoms with E-state index in [1.807, 2.05) is 12.1 Å². The lowest BCUT2D eigenvalue weighted by Crippen LogP contribution is -2.45. The van der Waals surface area contributed by atoms with Gasteiger partial charge in [0.15, 0.2) is 0 Å². The summed E-state index contributed by atoms with van der Waals surface area (Å²) in [5.74, 6) is 0. The maximum absolute atomic E-state index is 5.98. The molecule has 0 aromatic heterocycles. The molecule has 2 N–H and O–H groups in total. The zero-order valence-electron chi connectivity index (χ0n) is 11.2. The lowest BCUT2D eigenvalue weighted by Gasteiger charge is -2.45. The second-order valence-corrected chi connectivity index (χ2v) is 6.30. The van der Waals surface area contributed by atoms with E-state index in [-0.39, 0.29) is 11.0 Å². The van der Waals surface area contributed by atoms with Crippen molar-refractivity contribution in [3.05, 3.63) is 34.9 Å². The molecule has 1 aliphatic heterocycles. The summed E-state index contributed by atoms with van der Waals surface area (Å²) in [7, 11) is 0. The average Bonchev–Trinajstić information content (AvgIpc) is 2.28. The molecule has 1 aromatic carbocycles. The molecular weight excluding hydrogens is 246 g/mol. The van der Waals surface area contributed by atoms with E-state index in [1.165, 1.54) is 5.56 Å². The molecule has 0 spiro atoms. The molecule has 2 nitrogen and oxygen atoms in total. The summed E-state index contributed by atoms with van der Waals surface area (Å²) in [6.07, 6.45) is 3.05. The largest absolute Gasteiger partial charge is 0.376 e. The molecule has 1 saturated heterocycles. The van der Waals surface area contributed by atoms with Crippen molar-refractivity contribution in [2.24, 2.45) is 5.73 Å². The SMILES string of the molecule is CC1(C)C[C@](CCN)(c2ccc(Cl)cc2)CCO1. The summed E-state index contributed by atoms with van der Waals surface area (Å²) in [6.45, 7) is 5.83. The second-order valence-electron chi connectivity index (χ2n) is 5.86. The van der Waals surface area contributed by atoms with E-state index in [1.54, 1.807) is 0 Å². The molecule has 1 heterocycles. The van der Waals surface area contributed by atoms with Crippen molar-refractivity contribution in [3.63, 3.8) is 0 Å². The van der Waals surface area contributed by atoms with E-state index in [0.29, 0.717) is 6.54 Å². The third-order valence-electron chi connectivity index (χ3n) is 3.92. The van der Waals surface area contributed by atoms with Crippen LogP contribution in [0.1, 0.15) is 38.7 Å². The van der Waals surface area contributed by atoms with Crippen molar-refractivity contribution in [1.82, 2.24) is 0 Å². The van der Waals surface area contributed by atoms with Crippen LogP contribution >= 0.6 is 11.6 Å². The van der Waals surface area contributed by atoms with Crippen molar-refractivity contribution in [3.8, 4) is 0 Å². The second kappa shape index (κ2) is 5.20. The smallest absolute Gasteiger partial charge is 0.0635 e. The summed E-state index contributed by atoms with van der Waals surface area (Å²) < 4.78 is 5.85. The molecule has 2 rings (SSSR count). The van der Waals surface area contributed by atoms with E-state index in [0.717, 1.165) is 30.9 Å². The molecule has 1 atom stereocenters. The highest BCUT2D eigenvalue weighted by Crippen LogP contribution is 2.43. The highest BCUT2D eigenvalue weighted by Gasteiger charge is 2.41. The van der Waals surface area contributed by atoms with Crippen molar-refractivity contribution in [1.29, 1.82) is 0 Å². The molecule has 0 unspecified atom stereocenters. The molecule has 18 heavy (non-hydrogen) atoms. The van der Waals surface area contributed by atoms with Gasteiger partial charge in [-0.1, -0.05) is 23.7 Å². The summed E-state index contributed by atoms with van der Waals surface area (Å²) in [5.41, 5.74) is 7.24. The van der Waals surface area contributed by atoms with E-state index >= 15 is 0 Å². The average molecular weight is 268 g/mol. The van der Waals surface area contributed by atoms with E-state index < -0.39 is 0 Å². The molecule has 1 aliphatic rings. The standard InChI is InChI=1S/C15H22ClNO/c1-14(2)11-15(7-9-17,8-10-18-14)12-3-5-13(16)6-4-12/h3-6H,7-11,17H2,1-2H3/t15-/m1/s1. The molecule has 0 bridgehead atoms. The van der Waals surface area contributed by atoms with Crippen molar-refractivity contribution in [2.75, 3.05) is 13.2 Å². The van der Waals surface area contributed by atoms with Crippen LogP contribution < -0.4 is 5.73 Å². The summed E-state index contributed by atoms with van der Waals surface area (Å²) in [6, 6.07) is 8.22. The molecule has 0 radical (unpaired) electrons. The van der Waals surface area contributed by atoms with Crippen LogP contribution in [0.3, 0.4) is 0 Å². The lowest BCUT2D eigenvalue weighted by molar-refractivity contribution is -0.0836. The van der Waals surface area contributed by atoms with Gasteiger partial charge in [0.1, 0.15) is 0 Å². The van der Waals surface area contributed by atoms with Crippen LogP contribution in [0.4, 0.5) is 0 Å². The predicted molar refractivity (Wildman–Crippen MR) is 76.1 cm³/mol. The Balaban J connectivity index is 2.34. The zero-order valence-corrected chi connectivity index (χ0v) is 12.0. The van der Waals surface area contributed by atoms with Crippen LogP contribution in [0.25, 0.3) is 0 Å². The first-order valence-corrected chi connectivity index (χ1v) is 6.95. The Kier molecular flexibility index (Phi) is 4.00. The Morgan fingerprint density at radius 1 is 1.28 bits per heavy atom. The molecule has 0 aliphatic carbocycles. The molecule has 0 amide bonds. The van der Waals surface area contributed by atoms with E-state index in [9.17, 15) is 0 Å². The van der Waals surface area contributed by atoms with Gasteiger partial charge in [-0.25, -0.2) is 0 Å². The molecule has 1 fully saturated rings. The van der Waals surface area contributed by atoms with Gasteiger partial charge in [-0.2, -0.15) is 0 Å². The highest BCUT2D eigenvalue weighted by atomic mass is 35.5.